The molecule has 0 aromatic heterocycles. The van der Waals surface area contributed by atoms with Crippen LogP contribution in [0.2, 0.25) is 0 Å². The van der Waals surface area contributed by atoms with Gasteiger partial charge < -0.3 is 4.52 Å². The molecule has 0 unspecified atom stereocenters. The lowest BCUT2D eigenvalue weighted by Gasteiger charge is -1.95. The summed E-state index contributed by atoms with van der Waals surface area (Å²) < 4.78 is 14.1. The Balaban J connectivity index is 3.36. The van der Waals surface area contributed by atoms with Gasteiger partial charge in [0.05, 0.1) is 0 Å². The molecule has 0 aromatic rings. The summed E-state index contributed by atoms with van der Waals surface area (Å²) in [6, 6.07) is 0. The molecule has 0 radical (unpaired) electrons. The Labute approximate surface area is 78.5 Å². The van der Waals surface area contributed by atoms with Crippen LogP contribution in [0.5, 0.6) is 0 Å². The van der Waals surface area contributed by atoms with Crippen molar-refractivity contribution in [1.82, 2.24) is 0 Å². The third-order valence-corrected chi connectivity index (χ3v) is 1.72. The molecule has 0 bridgehead atoms. The molecule has 0 heterocycles. The van der Waals surface area contributed by atoms with Crippen molar-refractivity contribution in [2.75, 3.05) is 0 Å². The highest BCUT2D eigenvalue weighted by atomic mass is 31.2. The standard InChI is InChI=1S/C8H15O4P/c1-2-3-4-5-6-7-8-12-13(9,10)11/h2-6H2,1H3,(H2,9,10,11). The van der Waals surface area contributed by atoms with E-state index in [1.165, 1.54) is 6.42 Å². The van der Waals surface area contributed by atoms with E-state index < -0.39 is 7.82 Å². The molecule has 76 valence electrons. The van der Waals surface area contributed by atoms with Gasteiger partial charge in [0.1, 0.15) is 6.11 Å². The van der Waals surface area contributed by atoms with E-state index in [0.29, 0.717) is 6.42 Å². The van der Waals surface area contributed by atoms with Crippen molar-refractivity contribution in [3.05, 3.63) is 0 Å². The summed E-state index contributed by atoms with van der Waals surface area (Å²) in [5.74, 6) is 2.54. The minimum atomic E-state index is -4.40. The van der Waals surface area contributed by atoms with Crippen LogP contribution < -0.4 is 0 Å². The number of unbranched alkanes of at least 4 members (excludes halogenated alkanes) is 4. The van der Waals surface area contributed by atoms with Crippen LogP contribution in [0.15, 0.2) is 0 Å². The largest absolute Gasteiger partial charge is 0.533 e. The normalized spacial score (nSPS) is 10.4. The van der Waals surface area contributed by atoms with Gasteiger partial charge in [-0.1, -0.05) is 32.1 Å². The fourth-order valence-corrected chi connectivity index (χ4v) is 0.966. The van der Waals surface area contributed by atoms with E-state index in [4.69, 9.17) is 9.79 Å². The van der Waals surface area contributed by atoms with Crippen molar-refractivity contribution in [2.45, 2.75) is 39.0 Å². The van der Waals surface area contributed by atoms with Gasteiger partial charge in [0, 0.05) is 6.42 Å². The maximum absolute atomic E-state index is 10.1. The second-order valence-corrected chi connectivity index (χ2v) is 3.84. The topological polar surface area (TPSA) is 66.8 Å². The molecule has 13 heavy (non-hydrogen) atoms. The molecule has 0 saturated carbocycles. The van der Waals surface area contributed by atoms with Crippen LogP contribution in [0.3, 0.4) is 0 Å². The molecule has 0 rings (SSSR count). The Morgan fingerprint density at radius 3 is 2.54 bits per heavy atom. The Bertz CT molecular complexity index is 222. The quantitative estimate of drug-likeness (QED) is 0.410. The van der Waals surface area contributed by atoms with Gasteiger partial charge in [-0.3, -0.25) is 9.79 Å². The number of phosphoric ester groups is 1. The first-order valence-corrected chi connectivity index (χ1v) is 5.81. The van der Waals surface area contributed by atoms with Crippen molar-refractivity contribution in [3.63, 3.8) is 0 Å². The first kappa shape index (κ1) is 12.5. The van der Waals surface area contributed by atoms with E-state index in [0.717, 1.165) is 19.3 Å². The Morgan fingerprint density at radius 1 is 1.31 bits per heavy atom. The smallest absolute Gasteiger partial charge is 0.350 e. The van der Waals surface area contributed by atoms with Gasteiger partial charge in [-0.05, 0) is 6.42 Å². The summed E-state index contributed by atoms with van der Waals surface area (Å²) in [7, 11) is -4.40. The lowest BCUT2D eigenvalue weighted by Crippen LogP contribution is -1.79. The molecule has 2 N–H and O–H groups in total. The number of phosphoric acid groups is 1. The van der Waals surface area contributed by atoms with Crippen molar-refractivity contribution in [2.24, 2.45) is 0 Å². The van der Waals surface area contributed by atoms with Crippen LogP contribution in [0.25, 0.3) is 0 Å². The van der Waals surface area contributed by atoms with E-state index in [1.807, 2.05) is 6.11 Å². The summed E-state index contributed by atoms with van der Waals surface area (Å²) in [5, 5.41) is 0. The van der Waals surface area contributed by atoms with Gasteiger partial charge in [0.25, 0.3) is 0 Å². The van der Waals surface area contributed by atoms with Crippen molar-refractivity contribution >= 4 is 7.82 Å². The van der Waals surface area contributed by atoms with E-state index in [9.17, 15) is 4.57 Å². The van der Waals surface area contributed by atoms with Crippen molar-refractivity contribution in [1.29, 1.82) is 0 Å². The minimum Gasteiger partial charge on any atom is -0.350 e. The molecule has 0 atom stereocenters. The Hall–Kier alpha value is -0.490. The SMILES string of the molecule is CCCCCCC#COP(=O)(O)O. The zero-order chi connectivity index (χ0) is 10.2. The van der Waals surface area contributed by atoms with Gasteiger partial charge in [-0.2, -0.15) is 0 Å². The molecule has 5 heteroatoms. The van der Waals surface area contributed by atoms with Crippen LogP contribution in [0, 0.1) is 12.0 Å². The molecule has 0 aliphatic rings. The molecule has 0 spiro atoms. The third kappa shape index (κ3) is 11.5. The summed E-state index contributed by atoms with van der Waals surface area (Å²) in [4.78, 5) is 16.5. The predicted octanol–water partition coefficient (Wildman–Crippen LogP) is 2.03. The minimum absolute atomic E-state index is 0.625. The highest BCUT2D eigenvalue weighted by Crippen LogP contribution is 2.34. The Morgan fingerprint density at radius 2 is 2.00 bits per heavy atom. The van der Waals surface area contributed by atoms with E-state index in [2.05, 4.69) is 17.4 Å². The highest BCUT2D eigenvalue weighted by molar-refractivity contribution is 7.46. The zero-order valence-electron chi connectivity index (χ0n) is 7.69. The summed E-state index contributed by atoms with van der Waals surface area (Å²) in [6.07, 6.45) is 6.99. The number of rotatable bonds is 5. The maximum Gasteiger partial charge on any atom is 0.533 e. The van der Waals surface area contributed by atoms with Gasteiger partial charge in [-0.25, -0.2) is 4.57 Å². The second-order valence-electron chi connectivity index (χ2n) is 2.67. The van der Waals surface area contributed by atoms with E-state index >= 15 is 0 Å². The van der Waals surface area contributed by atoms with Gasteiger partial charge in [0.2, 0.25) is 0 Å². The van der Waals surface area contributed by atoms with Crippen molar-refractivity contribution in [3.8, 4) is 12.0 Å². The lowest BCUT2D eigenvalue weighted by atomic mass is 10.2. The van der Waals surface area contributed by atoms with Gasteiger partial charge in [0.15, 0.2) is 0 Å². The predicted molar refractivity (Wildman–Crippen MR) is 49.7 cm³/mol. The maximum atomic E-state index is 10.1. The molecule has 0 aromatic carbocycles. The summed E-state index contributed by atoms with van der Waals surface area (Å²) in [5.41, 5.74) is 0. The molecule has 0 fully saturated rings. The van der Waals surface area contributed by atoms with Gasteiger partial charge in [-0.15, -0.1) is 0 Å². The molecule has 0 aliphatic carbocycles. The first-order valence-electron chi connectivity index (χ1n) is 4.28. The average Bonchev–Trinajstić information content (AvgIpc) is 2.01. The molecule has 0 aliphatic heterocycles. The monoisotopic (exact) mass is 206 g/mol. The molecular weight excluding hydrogens is 191 g/mol. The average molecular weight is 206 g/mol. The van der Waals surface area contributed by atoms with Crippen molar-refractivity contribution < 1.29 is 18.9 Å². The van der Waals surface area contributed by atoms with E-state index in [1.54, 1.807) is 0 Å². The lowest BCUT2D eigenvalue weighted by molar-refractivity contribution is 0.269. The van der Waals surface area contributed by atoms with Crippen LogP contribution >= 0.6 is 7.82 Å². The molecule has 0 amide bonds. The number of hydrogen-bond donors (Lipinski definition) is 2. The summed E-state index contributed by atoms with van der Waals surface area (Å²) >= 11 is 0. The van der Waals surface area contributed by atoms with Gasteiger partial charge >= 0.3 is 7.82 Å². The zero-order valence-corrected chi connectivity index (χ0v) is 8.59. The third-order valence-electron chi connectivity index (χ3n) is 1.39. The van der Waals surface area contributed by atoms with Crippen LogP contribution in [0.1, 0.15) is 39.0 Å². The Kier molecular flexibility index (Phi) is 6.70. The molecule has 4 nitrogen and oxygen atoms in total. The van der Waals surface area contributed by atoms with Crippen LogP contribution in [-0.4, -0.2) is 9.79 Å². The molecular formula is C8H15O4P. The fourth-order valence-electron chi connectivity index (χ4n) is 0.783. The first-order chi connectivity index (χ1) is 6.06. The van der Waals surface area contributed by atoms with E-state index in [-0.39, 0.29) is 0 Å². The molecule has 0 saturated heterocycles. The van der Waals surface area contributed by atoms with Crippen LogP contribution in [0.4, 0.5) is 0 Å². The van der Waals surface area contributed by atoms with Crippen LogP contribution in [-0.2, 0) is 9.09 Å². The highest BCUT2D eigenvalue weighted by Gasteiger charge is 2.11. The summed E-state index contributed by atoms with van der Waals surface area (Å²) in [6.45, 7) is 2.11. The second kappa shape index (κ2) is 6.97. The number of hydrogen-bond acceptors (Lipinski definition) is 2. The fraction of sp³-hybridized carbons (Fsp3) is 0.750.